The first-order valence-corrected chi connectivity index (χ1v) is 5.62. The van der Waals surface area contributed by atoms with Gasteiger partial charge in [-0.15, -0.1) is 0 Å². The van der Waals surface area contributed by atoms with E-state index in [1.165, 1.54) is 13.8 Å². The molecule has 0 aromatic carbocycles. The molecule has 2 unspecified atom stereocenters. The van der Waals surface area contributed by atoms with E-state index in [-0.39, 0.29) is 0 Å². The van der Waals surface area contributed by atoms with Crippen LogP contribution in [0.3, 0.4) is 0 Å². The molecular formula is C12H17F4NO3. The zero-order chi connectivity index (χ0) is 16.2. The Balaban J connectivity index is 0.00000172. The molecule has 0 bridgehead atoms. The van der Waals surface area contributed by atoms with Crippen LogP contribution in [0.5, 0.6) is 0 Å². The van der Waals surface area contributed by atoms with Crippen LogP contribution in [0.4, 0.5) is 17.6 Å². The highest BCUT2D eigenvalue weighted by Crippen LogP contribution is 2.35. The van der Waals surface area contributed by atoms with Gasteiger partial charge in [-0.25, -0.2) is 8.78 Å². The fourth-order valence-electron chi connectivity index (χ4n) is 1.96. The largest absolute Gasteiger partial charge is 0.400 e. The van der Waals surface area contributed by atoms with Crippen LogP contribution < -0.4 is 0 Å². The molecule has 116 valence electrons. The van der Waals surface area contributed by atoms with E-state index in [2.05, 4.69) is 4.98 Å². The molecule has 20 heavy (non-hydrogen) atoms. The first-order valence-electron chi connectivity index (χ1n) is 5.62. The second-order valence-corrected chi connectivity index (χ2v) is 4.61. The van der Waals surface area contributed by atoms with E-state index in [1.54, 1.807) is 0 Å². The van der Waals surface area contributed by atoms with Crippen molar-refractivity contribution < 1.29 is 32.9 Å². The van der Waals surface area contributed by atoms with E-state index in [0.717, 1.165) is 14.0 Å². The van der Waals surface area contributed by atoms with E-state index in [4.69, 9.17) is 5.11 Å². The van der Waals surface area contributed by atoms with E-state index < -0.39 is 46.7 Å². The van der Waals surface area contributed by atoms with Gasteiger partial charge in [-0.3, -0.25) is 0 Å². The van der Waals surface area contributed by atoms with Crippen LogP contribution in [-0.4, -0.2) is 39.1 Å². The van der Waals surface area contributed by atoms with Gasteiger partial charge in [-0.05, 0) is 20.8 Å². The average molecular weight is 299 g/mol. The molecule has 1 aromatic heterocycles. The third-order valence-corrected chi connectivity index (χ3v) is 2.59. The number of aliphatic hydroxyl groups excluding tert-OH is 2. The molecule has 0 aliphatic rings. The maximum atomic E-state index is 13.5. The van der Waals surface area contributed by atoms with Crippen LogP contribution in [-0.2, 0) is 0 Å². The van der Waals surface area contributed by atoms with Crippen molar-refractivity contribution in [1.82, 2.24) is 4.98 Å². The van der Waals surface area contributed by atoms with Crippen LogP contribution in [0.1, 0.15) is 32.3 Å². The molecule has 0 saturated heterocycles. The normalized spacial score (nSPS) is 14.3. The smallest absolute Gasteiger partial charge is 0.252 e. The Morgan fingerprint density at radius 2 is 1.35 bits per heavy atom. The van der Waals surface area contributed by atoms with Gasteiger partial charge in [-0.2, -0.15) is 13.8 Å². The lowest BCUT2D eigenvalue weighted by atomic mass is 9.81. The van der Waals surface area contributed by atoms with Crippen molar-refractivity contribution in [2.45, 2.75) is 38.4 Å². The lowest BCUT2D eigenvalue weighted by Gasteiger charge is -2.32. The fraction of sp³-hybridized carbons (Fsp3) is 0.583. The number of aliphatic hydroxyl groups is 3. The molecule has 3 N–H and O–H groups in total. The summed E-state index contributed by atoms with van der Waals surface area (Å²) in [6, 6.07) is 0. The number of nitrogens with zero attached hydrogens (tertiary/aromatic N) is 1. The van der Waals surface area contributed by atoms with Crippen molar-refractivity contribution in [3.63, 3.8) is 0 Å². The van der Waals surface area contributed by atoms with Gasteiger partial charge in [0.1, 0.15) is 0 Å². The van der Waals surface area contributed by atoms with E-state index in [9.17, 15) is 27.8 Å². The summed E-state index contributed by atoms with van der Waals surface area (Å²) in [6.07, 6.45) is -1.42. The Hall–Kier alpha value is -1.25. The molecule has 1 heterocycles. The molecular weight excluding hydrogens is 282 g/mol. The minimum absolute atomic E-state index is 1.00. The van der Waals surface area contributed by atoms with E-state index >= 15 is 0 Å². The highest BCUT2D eigenvalue weighted by atomic mass is 19.2. The topological polar surface area (TPSA) is 73.6 Å². The predicted octanol–water partition coefficient (Wildman–Crippen LogP) is 1.48. The van der Waals surface area contributed by atoms with Gasteiger partial charge in [0.05, 0.1) is 11.7 Å². The lowest BCUT2D eigenvalue weighted by molar-refractivity contribution is -0.00518. The first-order chi connectivity index (χ1) is 9.07. The molecule has 0 radical (unpaired) electrons. The summed E-state index contributed by atoms with van der Waals surface area (Å²) < 4.78 is 53.0. The molecule has 0 aliphatic heterocycles. The number of rotatable bonds is 3. The number of aromatic nitrogens is 1. The van der Waals surface area contributed by atoms with Crippen LogP contribution in [0.2, 0.25) is 0 Å². The second kappa shape index (κ2) is 6.96. The molecule has 1 rings (SSSR count). The van der Waals surface area contributed by atoms with Crippen LogP contribution in [0, 0.1) is 23.5 Å². The third kappa shape index (κ3) is 3.87. The fourth-order valence-corrected chi connectivity index (χ4v) is 1.96. The van der Waals surface area contributed by atoms with Crippen molar-refractivity contribution >= 4 is 0 Å². The minimum Gasteiger partial charge on any atom is -0.400 e. The van der Waals surface area contributed by atoms with Gasteiger partial charge in [0.15, 0.2) is 11.6 Å². The highest BCUT2D eigenvalue weighted by molar-refractivity contribution is 5.26. The molecule has 0 saturated carbocycles. The summed E-state index contributed by atoms with van der Waals surface area (Å²) in [5, 5.41) is 26.2. The molecule has 0 fully saturated rings. The van der Waals surface area contributed by atoms with Crippen LogP contribution >= 0.6 is 0 Å². The summed E-state index contributed by atoms with van der Waals surface area (Å²) >= 11 is 0. The maximum Gasteiger partial charge on any atom is 0.252 e. The Morgan fingerprint density at radius 1 is 1.00 bits per heavy atom. The summed E-state index contributed by atoms with van der Waals surface area (Å²) in [5.74, 6) is -8.62. The maximum absolute atomic E-state index is 13.5. The van der Waals surface area contributed by atoms with Crippen molar-refractivity contribution in [2.75, 3.05) is 7.11 Å². The molecule has 0 amide bonds. The number of hydrogen-bond donors (Lipinski definition) is 3. The van der Waals surface area contributed by atoms with Crippen molar-refractivity contribution in [3.05, 3.63) is 29.1 Å². The van der Waals surface area contributed by atoms with E-state index in [0.29, 0.717) is 0 Å². The van der Waals surface area contributed by atoms with Crippen molar-refractivity contribution in [1.29, 1.82) is 0 Å². The van der Waals surface area contributed by atoms with Crippen molar-refractivity contribution in [3.8, 4) is 0 Å². The quantitative estimate of drug-likeness (QED) is 0.584. The molecule has 0 spiro atoms. The second-order valence-electron chi connectivity index (χ2n) is 4.61. The Labute approximate surface area is 113 Å². The summed E-state index contributed by atoms with van der Waals surface area (Å²) in [4.78, 5) is 2.41. The molecule has 0 aliphatic carbocycles. The number of halogens is 4. The molecule has 8 heteroatoms. The van der Waals surface area contributed by atoms with Gasteiger partial charge in [0.25, 0.3) is 11.9 Å². The van der Waals surface area contributed by atoms with Crippen LogP contribution in [0.25, 0.3) is 0 Å². The monoisotopic (exact) mass is 299 g/mol. The highest BCUT2D eigenvalue weighted by Gasteiger charge is 2.39. The SMILES string of the molecule is CC(O)C(c1c(F)c(F)nc(F)c1F)C(C)(C)O.CO. The predicted molar refractivity (Wildman–Crippen MR) is 62.9 cm³/mol. The summed E-state index contributed by atoms with van der Waals surface area (Å²) in [6.45, 7) is 3.48. The average Bonchev–Trinajstić information content (AvgIpc) is 2.32. The molecule has 2 atom stereocenters. The van der Waals surface area contributed by atoms with Gasteiger partial charge in [0.2, 0.25) is 0 Å². The Morgan fingerprint density at radius 3 is 1.60 bits per heavy atom. The molecule has 4 nitrogen and oxygen atoms in total. The van der Waals surface area contributed by atoms with Gasteiger partial charge in [0, 0.05) is 18.6 Å². The lowest BCUT2D eigenvalue weighted by Crippen LogP contribution is -2.37. The zero-order valence-electron chi connectivity index (χ0n) is 11.5. The molecule has 1 aromatic rings. The van der Waals surface area contributed by atoms with Gasteiger partial charge < -0.3 is 15.3 Å². The van der Waals surface area contributed by atoms with Gasteiger partial charge in [-0.1, -0.05) is 0 Å². The Kier molecular flexibility index (Phi) is 6.52. The number of pyridine rings is 1. The Bertz CT molecular complexity index is 435. The van der Waals surface area contributed by atoms with E-state index in [1.807, 2.05) is 0 Å². The third-order valence-electron chi connectivity index (χ3n) is 2.59. The summed E-state index contributed by atoms with van der Waals surface area (Å²) in [5.41, 5.74) is -2.83. The standard InChI is InChI=1S/C11H13F4NO2.CH4O/c1-4(17)6(11(2,3)18)5-7(12)9(14)16-10(15)8(5)13;1-2/h4,6,17-18H,1-3H3;2H,1H3. The minimum atomic E-state index is -1.82. The zero-order valence-corrected chi connectivity index (χ0v) is 11.5. The van der Waals surface area contributed by atoms with Crippen molar-refractivity contribution in [2.24, 2.45) is 0 Å². The van der Waals surface area contributed by atoms with Gasteiger partial charge >= 0.3 is 0 Å². The first kappa shape index (κ1) is 18.8. The number of hydrogen-bond acceptors (Lipinski definition) is 4. The van der Waals surface area contributed by atoms with Crippen LogP contribution in [0.15, 0.2) is 0 Å². The summed E-state index contributed by atoms with van der Waals surface area (Å²) in [7, 11) is 1.00.